The molecule has 1 aliphatic heterocycles. The molecule has 18 heavy (non-hydrogen) atoms. The first-order valence-electron chi connectivity index (χ1n) is 6.65. The fourth-order valence-corrected chi connectivity index (χ4v) is 3.10. The number of aryl methyl sites for hydroxylation is 2. The van der Waals surface area contributed by atoms with E-state index in [1.54, 1.807) is 0 Å². The molecule has 0 radical (unpaired) electrons. The Morgan fingerprint density at radius 3 is 2.89 bits per heavy atom. The molecule has 1 aliphatic rings. The Balaban J connectivity index is 2.08. The van der Waals surface area contributed by atoms with Crippen molar-refractivity contribution in [2.24, 2.45) is 5.92 Å². The number of nitrogens with zero attached hydrogens (tertiary/aromatic N) is 3. The van der Waals surface area contributed by atoms with E-state index < -0.39 is 0 Å². The van der Waals surface area contributed by atoms with Crippen molar-refractivity contribution in [1.29, 1.82) is 0 Å². The van der Waals surface area contributed by atoms with Crippen LogP contribution in [0.5, 0.6) is 0 Å². The topological polar surface area (TPSA) is 21.1 Å². The molecule has 0 bridgehead atoms. The Hall–Kier alpha value is -0.250. The summed E-state index contributed by atoms with van der Waals surface area (Å²) in [5, 5.41) is 5.29. The molecular weight excluding hydrogens is 269 g/mol. The van der Waals surface area contributed by atoms with Gasteiger partial charge in [0.15, 0.2) is 0 Å². The van der Waals surface area contributed by atoms with E-state index in [0.717, 1.165) is 48.5 Å². The third kappa shape index (κ3) is 3.01. The van der Waals surface area contributed by atoms with Gasteiger partial charge in [-0.2, -0.15) is 5.10 Å². The minimum absolute atomic E-state index is 0.623. The number of alkyl halides is 1. The molecule has 0 spiro atoms. The SMILES string of the molecule is CCn1nc(C)c(Cl)c1CN1CCCC(CCl)C1. The predicted molar refractivity (Wildman–Crippen MR) is 76.4 cm³/mol. The van der Waals surface area contributed by atoms with Gasteiger partial charge in [0.25, 0.3) is 0 Å². The molecule has 0 aromatic carbocycles. The fourth-order valence-electron chi connectivity index (χ4n) is 2.65. The average molecular weight is 290 g/mol. The summed E-state index contributed by atoms with van der Waals surface area (Å²) in [5.41, 5.74) is 2.08. The third-order valence-corrected chi connectivity index (χ3v) is 4.58. The van der Waals surface area contributed by atoms with Crippen LogP contribution in [0.1, 0.15) is 31.2 Å². The van der Waals surface area contributed by atoms with Crippen molar-refractivity contribution in [3.05, 3.63) is 16.4 Å². The molecule has 1 unspecified atom stereocenters. The number of hydrogen-bond donors (Lipinski definition) is 0. The average Bonchev–Trinajstić information content (AvgIpc) is 2.67. The van der Waals surface area contributed by atoms with Crippen molar-refractivity contribution in [2.45, 2.75) is 39.8 Å². The second-order valence-electron chi connectivity index (χ2n) is 5.06. The van der Waals surface area contributed by atoms with Gasteiger partial charge in [-0.1, -0.05) is 11.6 Å². The molecule has 2 rings (SSSR count). The molecule has 1 atom stereocenters. The second-order valence-corrected chi connectivity index (χ2v) is 5.75. The smallest absolute Gasteiger partial charge is 0.0860 e. The van der Waals surface area contributed by atoms with Crippen LogP contribution < -0.4 is 0 Å². The molecule has 1 aromatic heterocycles. The normalized spacial score (nSPS) is 21.4. The van der Waals surface area contributed by atoms with Gasteiger partial charge < -0.3 is 0 Å². The number of halogens is 2. The first-order chi connectivity index (χ1) is 8.65. The molecule has 0 N–H and O–H groups in total. The Morgan fingerprint density at radius 1 is 1.44 bits per heavy atom. The Morgan fingerprint density at radius 2 is 2.22 bits per heavy atom. The molecule has 0 amide bonds. The van der Waals surface area contributed by atoms with Crippen LogP contribution >= 0.6 is 23.2 Å². The van der Waals surface area contributed by atoms with E-state index in [1.165, 1.54) is 12.8 Å². The summed E-state index contributed by atoms with van der Waals surface area (Å²) in [5.74, 6) is 1.38. The summed E-state index contributed by atoms with van der Waals surface area (Å²) in [4.78, 5) is 2.45. The summed E-state index contributed by atoms with van der Waals surface area (Å²) >= 11 is 12.3. The maximum absolute atomic E-state index is 6.35. The highest BCUT2D eigenvalue weighted by molar-refractivity contribution is 6.31. The molecule has 3 nitrogen and oxygen atoms in total. The molecule has 1 fully saturated rings. The summed E-state index contributed by atoms with van der Waals surface area (Å²) in [6.07, 6.45) is 2.48. The van der Waals surface area contributed by atoms with Crippen molar-refractivity contribution in [2.75, 3.05) is 19.0 Å². The number of rotatable bonds is 4. The zero-order chi connectivity index (χ0) is 13.1. The zero-order valence-corrected chi connectivity index (χ0v) is 12.6. The van der Waals surface area contributed by atoms with Gasteiger partial charge in [-0.05, 0) is 39.2 Å². The van der Waals surface area contributed by atoms with Gasteiger partial charge in [0.1, 0.15) is 0 Å². The molecule has 1 saturated heterocycles. The van der Waals surface area contributed by atoms with Crippen LogP contribution in [0.4, 0.5) is 0 Å². The highest BCUT2D eigenvalue weighted by atomic mass is 35.5. The maximum Gasteiger partial charge on any atom is 0.0860 e. The quantitative estimate of drug-likeness (QED) is 0.793. The standard InChI is InChI=1S/C13H21Cl2N3/c1-3-18-12(13(15)10(2)16-18)9-17-6-4-5-11(7-14)8-17/h11H,3-9H2,1-2H3. The molecular formula is C13H21Cl2N3. The van der Waals surface area contributed by atoms with E-state index in [4.69, 9.17) is 23.2 Å². The molecule has 5 heteroatoms. The van der Waals surface area contributed by atoms with Crippen LogP contribution in [0, 0.1) is 12.8 Å². The lowest BCUT2D eigenvalue weighted by molar-refractivity contribution is 0.174. The van der Waals surface area contributed by atoms with Gasteiger partial charge >= 0.3 is 0 Å². The summed E-state index contributed by atoms with van der Waals surface area (Å²) in [6.45, 7) is 8.04. The first kappa shape index (κ1) is 14.2. The van der Waals surface area contributed by atoms with Crippen molar-refractivity contribution >= 4 is 23.2 Å². The summed E-state index contributed by atoms with van der Waals surface area (Å²) in [6, 6.07) is 0. The van der Waals surface area contributed by atoms with E-state index in [1.807, 2.05) is 11.6 Å². The lowest BCUT2D eigenvalue weighted by Crippen LogP contribution is -2.36. The zero-order valence-electron chi connectivity index (χ0n) is 11.1. The predicted octanol–water partition coefficient (Wildman–Crippen LogP) is 3.32. The van der Waals surface area contributed by atoms with E-state index in [-0.39, 0.29) is 0 Å². The van der Waals surface area contributed by atoms with E-state index >= 15 is 0 Å². The molecule has 0 saturated carbocycles. The van der Waals surface area contributed by atoms with Gasteiger partial charge in [-0.25, -0.2) is 0 Å². The van der Waals surface area contributed by atoms with E-state index in [0.29, 0.717) is 5.92 Å². The third-order valence-electron chi connectivity index (χ3n) is 3.65. The van der Waals surface area contributed by atoms with Gasteiger partial charge in [0.05, 0.1) is 16.4 Å². The minimum Gasteiger partial charge on any atom is -0.297 e. The highest BCUT2D eigenvalue weighted by Crippen LogP contribution is 2.25. The molecule has 1 aromatic rings. The van der Waals surface area contributed by atoms with Crippen LogP contribution in [0.2, 0.25) is 5.02 Å². The van der Waals surface area contributed by atoms with Crippen molar-refractivity contribution in [1.82, 2.24) is 14.7 Å². The van der Waals surface area contributed by atoms with Crippen molar-refractivity contribution < 1.29 is 0 Å². The lowest BCUT2D eigenvalue weighted by Gasteiger charge is -2.31. The van der Waals surface area contributed by atoms with Crippen LogP contribution in [0.15, 0.2) is 0 Å². The number of hydrogen-bond acceptors (Lipinski definition) is 2. The van der Waals surface area contributed by atoms with Gasteiger partial charge in [-0.3, -0.25) is 9.58 Å². The van der Waals surface area contributed by atoms with Crippen LogP contribution in [-0.4, -0.2) is 33.6 Å². The molecule has 102 valence electrons. The summed E-state index contributed by atoms with van der Waals surface area (Å²) in [7, 11) is 0. The van der Waals surface area contributed by atoms with Crippen LogP contribution in [0.3, 0.4) is 0 Å². The Kier molecular flexibility index (Phi) is 4.93. The molecule has 2 heterocycles. The summed E-state index contributed by atoms with van der Waals surface area (Å²) < 4.78 is 2.02. The second kappa shape index (κ2) is 6.27. The monoisotopic (exact) mass is 289 g/mol. The fraction of sp³-hybridized carbons (Fsp3) is 0.769. The van der Waals surface area contributed by atoms with Crippen LogP contribution in [0.25, 0.3) is 0 Å². The number of aromatic nitrogens is 2. The lowest BCUT2D eigenvalue weighted by atomic mass is 10.00. The Bertz CT molecular complexity index is 403. The van der Waals surface area contributed by atoms with Crippen LogP contribution in [-0.2, 0) is 13.1 Å². The van der Waals surface area contributed by atoms with Gasteiger partial charge in [-0.15, -0.1) is 11.6 Å². The Labute approximate surface area is 119 Å². The van der Waals surface area contributed by atoms with Crippen molar-refractivity contribution in [3.8, 4) is 0 Å². The highest BCUT2D eigenvalue weighted by Gasteiger charge is 2.22. The van der Waals surface area contributed by atoms with Gasteiger partial charge in [0.2, 0.25) is 0 Å². The van der Waals surface area contributed by atoms with Gasteiger partial charge in [0, 0.05) is 25.5 Å². The number of likely N-dealkylation sites (tertiary alicyclic amines) is 1. The molecule has 0 aliphatic carbocycles. The first-order valence-corrected chi connectivity index (χ1v) is 7.57. The largest absolute Gasteiger partial charge is 0.297 e. The minimum atomic E-state index is 0.623. The number of piperidine rings is 1. The van der Waals surface area contributed by atoms with E-state index in [9.17, 15) is 0 Å². The van der Waals surface area contributed by atoms with E-state index in [2.05, 4.69) is 16.9 Å². The van der Waals surface area contributed by atoms with Crippen molar-refractivity contribution in [3.63, 3.8) is 0 Å². The maximum atomic E-state index is 6.35.